The summed E-state index contributed by atoms with van der Waals surface area (Å²) in [5.41, 5.74) is 30.6. The van der Waals surface area contributed by atoms with Crippen molar-refractivity contribution in [2.75, 3.05) is 80.3 Å². The van der Waals surface area contributed by atoms with Crippen LogP contribution >= 0.6 is 45.6 Å². The summed E-state index contributed by atoms with van der Waals surface area (Å²) in [6.07, 6.45) is 20.8. The molecule has 5 aliphatic rings. The number of halogens is 1. The van der Waals surface area contributed by atoms with Gasteiger partial charge in [-0.15, -0.1) is 34.0 Å². The van der Waals surface area contributed by atoms with Gasteiger partial charge >= 0.3 is 0 Å². The van der Waals surface area contributed by atoms with Gasteiger partial charge < -0.3 is 59.0 Å². The summed E-state index contributed by atoms with van der Waals surface area (Å²) in [5, 5.41) is 32.3. The lowest BCUT2D eigenvalue weighted by Crippen LogP contribution is -2.27. The third kappa shape index (κ3) is 16.4. The van der Waals surface area contributed by atoms with Crippen LogP contribution in [0, 0.1) is 17.8 Å². The lowest BCUT2D eigenvalue weighted by molar-refractivity contribution is -0.123. The van der Waals surface area contributed by atoms with Crippen molar-refractivity contribution in [2.24, 2.45) is 23.5 Å². The molecule has 2 aliphatic heterocycles. The number of aromatic amines is 1. The van der Waals surface area contributed by atoms with Crippen molar-refractivity contribution >= 4 is 123 Å². The summed E-state index contributed by atoms with van der Waals surface area (Å²) in [4.78, 5) is 50.8. The quantitative estimate of drug-likeness (QED) is 0.0299. The van der Waals surface area contributed by atoms with Gasteiger partial charge in [-0.3, -0.25) is 19.5 Å². The summed E-state index contributed by atoms with van der Waals surface area (Å²) in [6.45, 7) is 5.87. The third-order valence-electron chi connectivity index (χ3n) is 15.4. The predicted octanol–water partition coefficient (Wildman–Crippen LogP) is 10.3. The molecule has 27 heteroatoms. The molecule has 5 fully saturated rings. The largest absolute Gasteiger partial charge is 0.384 e. The zero-order chi connectivity index (χ0) is 60.9. The molecule has 14 rings (SSSR count). The maximum Gasteiger partial charge on any atom is 0.223 e. The number of anilines is 5. The molecule has 23 nitrogen and oxygen atoms in total. The highest BCUT2D eigenvalue weighted by Crippen LogP contribution is 2.42. The van der Waals surface area contributed by atoms with E-state index in [0.717, 1.165) is 196 Å². The van der Waals surface area contributed by atoms with Crippen LogP contribution in [0.15, 0.2) is 73.2 Å². The lowest BCUT2D eigenvalue weighted by Gasteiger charge is -2.24. The molecule has 2 unspecified atom stereocenters. The van der Waals surface area contributed by atoms with E-state index < -0.39 is 0 Å². The van der Waals surface area contributed by atoms with E-state index in [9.17, 15) is 14.4 Å². The number of fused-ring (bicyclic) bond motifs is 3. The van der Waals surface area contributed by atoms with Gasteiger partial charge in [0.25, 0.3) is 0 Å². The fourth-order valence-corrected chi connectivity index (χ4v) is 13.8. The minimum atomic E-state index is -0.00886. The molecule has 0 radical (unpaired) electrons. The minimum Gasteiger partial charge on any atom is -0.384 e. The Hall–Kier alpha value is -7.46. The first kappa shape index (κ1) is 62.2. The number of rotatable bonds is 21. The molecule has 88 heavy (non-hydrogen) atoms. The van der Waals surface area contributed by atoms with Crippen LogP contribution in [0.1, 0.15) is 109 Å². The Balaban J connectivity index is 0.000000128. The highest BCUT2D eigenvalue weighted by Gasteiger charge is 2.31. The van der Waals surface area contributed by atoms with E-state index in [1.54, 1.807) is 52.5 Å². The molecule has 0 spiro atoms. The number of H-pyrrole nitrogens is 1. The molecule has 0 aromatic carbocycles. The molecule has 9 aromatic heterocycles. The second-order valence-corrected chi connectivity index (χ2v) is 26.1. The molecule has 14 N–H and O–H groups in total. The van der Waals surface area contributed by atoms with E-state index in [2.05, 4.69) is 68.0 Å². The highest BCUT2D eigenvalue weighted by molar-refractivity contribution is 7.23. The number of nitrogens with one attached hydrogen (secondary N) is 6. The second-order valence-electron chi connectivity index (χ2n) is 22.5. The molecule has 0 bridgehead atoms. The predicted molar refractivity (Wildman–Crippen MR) is 352 cm³/mol. The number of hydrogen-bond acceptors (Lipinski definition) is 20. The number of thiophene rings is 3. The number of ether oxygens (including phenoxy) is 2. The van der Waals surface area contributed by atoms with Crippen LogP contribution in [0.5, 0.6) is 0 Å². The smallest absolute Gasteiger partial charge is 0.223 e. The third-order valence-corrected chi connectivity index (χ3v) is 19.3. The first-order valence-electron chi connectivity index (χ1n) is 30.5. The Morgan fingerprint density at radius 3 is 1.43 bits per heavy atom. The average Bonchev–Trinajstić information content (AvgIpc) is 2.70. The number of carbonyl (C=O) groups excluding carboxylic acids is 3. The van der Waals surface area contributed by atoms with Gasteiger partial charge in [-0.1, -0.05) is 11.6 Å². The van der Waals surface area contributed by atoms with Gasteiger partial charge in [0, 0.05) is 100 Å². The summed E-state index contributed by atoms with van der Waals surface area (Å²) < 4.78 is 18.8. The maximum atomic E-state index is 11.7. The Kier molecular flexibility index (Phi) is 21.0. The van der Waals surface area contributed by atoms with Crippen molar-refractivity contribution in [2.45, 2.75) is 109 Å². The number of hydrogen-bond donors (Lipinski definition) is 10. The van der Waals surface area contributed by atoms with Crippen molar-refractivity contribution in [1.29, 1.82) is 0 Å². The van der Waals surface area contributed by atoms with E-state index in [1.165, 1.54) is 6.42 Å². The van der Waals surface area contributed by atoms with Gasteiger partial charge in [-0.2, -0.15) is 15.3 Å². The Morgan fingerprint density at radius 1 is 0.545 bits per heavy atom. The first-order chi connectivity index (χ1) is 43.0. The molecule has 2 saturated heterocycles. The zero-order valence-electron chi connectivity index (χ0n) is 49.1. The standard InChI is InChI=1S/C22H28N6O2S.C17H20N6OS.C15H15ClN4OS.C7H14N2O/c23-19-13-15(24-8-3-9-25-22(29)14-5-6-14)21-16(27-19)12-18(31-21)17-7-10-26-28(17)20-4-1-2-11-30-20;18-15-9-12(19-5-1-6-20-17(24)10-2-3-10)16-13(22-15)8-14(25-16)11-4-7-21-23-11;16-9-7-13(17)19-10-8-12(22-15(9)10)11-4-5-18-20(11)14-3-1-2-6-21-14;8-4-1-5-9-7(10)6-2-3-6/h7,10,12-14,20H,1-6,8-9,11H2,(H,25,29)(H3,23,24,27);4,7-10H,1-3,5-6H2,(H,20,24)(H,21,23)(H3,18,19,22);4-5,7-8,14H,1-3,6H2,(H2,17,19);6H,1-5,8H2,(H,9,10). The molecular formula is C61H77ClN18O5S3. The van der Waals surface area contributed by atoms with Crippen LogP contribution in [0.4, 0.5) is 28.8 Å². The van der Waals surface area contributed by atoms with E-state index in [0.29, 0.717) is 48.0 Å². The van der Waals surface area contributed by atoms with Gasteiger partial charge in [-0.25, -0.2) is 24.3 Å². The average molecular weight is 1270 g/mol. The molecule has 3 amide bonds. The molecule has 9 aromatic rings. The fraction of sp³-hybridized carbons (Fsp3) is 0.459. The fourth-order valence-electron chi connectivity index (χ4n) is 10.3. The van der Waals surface area contributed by atoms with Crippen LogP contribution in [0.2, 0.25) is 5.02 Å². The van der Waals surface area contributed by atoms with E-state index in [-0.39, 0.29) is 42.0 Å². The number of nitrogen functional groups attached to an aromatic ring is 3. The number of carbonyl (C=O) groups is 3. The molecule has 2 atom stereocenters. The second kappa shape index (κ2) is 29.7. The van der Waals surface area contributed by atoms with Crippen LogP contribution < -0.4 is 49.5 Å². The number of nitrogens with two attached hydrogens (primary N) is 4. The SMILES string of the molecule is NCCCNC(=O)C1CC1.Nc1cc(Cl)c2sc(-c3ccnn3C3CCCCO3)cc2n1.Nc1cc(NCCCNC(=O)C2CC2)c2sc(-c3ccn[nH]3)cc2n1.Nc1cc(NCCCNC(=O)C2CC2)c2sc(-c3ccnn3C3CCCCO3)cc2n1. The topological polar surface area (TPSA) is 337 Å². The van der Waals surface area contributed by atoms with Crippen molar-refractivity contribution in [3.63, 3.8) is 0 Å². The Bertz CT molecular complexity index is 3780. The van der Waals surface area contributed by atoms with Crippen molar-refractivity contribution in [3.8, 4) is 31.7 Å². The summed E-state index contributed by atoms with van der Waals surface area (Å²) >= 11 is 11.2. The summed E-state index contributed by atoms with van der Waals surface area (Å²) in [7, 11) is 0. The molecule has 11 heterocycles. The molecular weight excluding hydrogens is 1200 g/mol. The van der Waals surface area contributed by atoms with Gasteiger partial charge in [0.2, 0.25) is 17.7 Å². The van der Waals surface area contributed by atoms with E-state index in [4.69, 9.17) is 44.0 Å². The van der Waals surface area contributed by atoms with Gasteiger partial charge in [0.15, 0.2) is 12.5 Å². The van der Waals surface area contributed by atoms with Gasteiger partial charge in [0.1, 0.15) is 17.5 Å². The van der Waals surface area contributed by atoms with Crippen molar-refractivity contribution in [1.82, 2.24) is 60.7 Å². The molecule has 3 aliphatic carbocycles. The number of pyridine rings is 3. The van der Waals surface area contributed by atoms with Gasteiger partial charge in [-0.05, 0) is 139 Å². The lowest BCUT2D eigenvalue weighted by atomic mass is 10.2. The molecule has 3 saturated carbocycles. The van der Waals surface area contributed by atoms with Crippen LogP contribution in [0.3, 0.4) is 0 Å². The Labute approximate surface area is 526 Å². The zero-order valence-corrected chi connectivity index (χ0v) is 52.3. The number of nitrogens with zero attached hydrogens (tertiary/aromatic N) is 8. The highest BCUT2D eigenvalue weighted by atomic mass is 35.5. The van der Waals surface area contributed by atoms with Crippen LogP contribution in [0.25, 0.3) is 62.4 Å². The molecule has 466 valence electrons. The maximum absolute atomic E-state index is 11.7. The monoisotopic (exact) mass is 1270 g/mol. The summed E-state index contributed by atoms with van der Waals surface area (Å²) in [6, 6.07) is 17.5. The first-order valence-corrected chi connectivity index (χ1v) is 33.4. The normalized spacial score (nSPS) is 17.2. The Morgan fingerprint density at radius 2 is 0.989 bits per heavy atom. The number of aromatic nitrogens is 9. The van der Waals surface area contributed by atoms with Crippen LogP contribution in [-0.4, -0.2) is 115 Å². The number of amides is 3. The van der Waals surface area contributed by atoms with Crippen molar-refractivity contribution in [3.05, 3.63) is 78.2 Å². The minimum absolute atomic E-state index is 0.00886. The van der Waals surface area contributed by atoms with E-state index in [1.807, 2.05) is 58.0 Å². The van der Waals surface area contributed by atoms with Crippen molar-refractivity contribution < 1.29 is 23.9 Å². The van der Waals surface area contributed by atoms with Crippen LogP contribution in [-0.2, 0) is 23.9 Å². The van der Waals surface area contributed by atoms with Gasteiger partial charge in [0.05, 0.1) is 78.8 Å². The summed E-state index contributed by atoms with van der Waals surface area (Å²) in [5.74, 6) is 2.87. The van der Waals surface area contributed by atoms with E-state index >= 15 is 0 Å².